The van der Waals surface area contributed by atoms with Crippen molar-refractivity contribution in [2.45, 2.75) is 32.1 Å². The van der Waals surface area contributed by atoms with E-state index in [1.807, 2.05) is 0 Å². The van der Waals surface area contributed by atoms with Gasteiger partial charge in [-0.1, -0.05) is 18.2 Å². The Morgan fingerprint density at radius 3 is 2.95 bits per heavy atom. The molecule has 0 aliphatic heterocycles. The third-order valence-electron chi connectivity index (χ3n) is 4.10. The molecule has 0 unspecified atom stereocenters. The van der Waals surface area contributed by atoms with Crippen LogP contribution in [0.4, 0.5) is 5.69 Å². The number of fused-ring (bicyclic) bond motifs is 2. The Kier molecular flexibility index (Phi) is 3.85. The fourth-order valence-corrected chi connectivity index (χ4v) is 3.08. The lowest BCUT2D eigenvalue weighted by molar-refractivity contribution is 0.202. The van der Waals surface area contributed by atoms with Crippen LogP contribution in [0.5, 0.6) is 0 Å². The maximum atomic E-state index is 5.79. The molecule has 3 N–H and O–H groups in total. The zero-order valence-corrected chi connectivity index (χ0v) is 11.9. The van der Waals surface area contributed by atoms with E-state index in [1.54, 1.807) is 7.11 Å². The van der Waals surface area contributed by atoms with Crippen molar-refractivity contribution in [1.29, 1.82) is 0 Å². The number of hydrogen-bond acceptors (Lipinski definition) is 4. The van der Waals surface area contributed by atoms with Gasteiger partial charge < -0.3 is 10.2 Å². The Morgan fingerprint density at radius 2 is 2.15 bits per heavy atom. The smallest absolute Gasteiger partial charge is 0.0759 e. The first-order valence-electron chi connectivity index (χ1n) is 7.24. The Labute approximate surface area is 119 Å². The number of nitrogens with zero attached hydrogens (tertiary/aromatic N) is 1. The van der Waals surface area contributed by atoms with E-state index in [1.165, 1.54) is 29.7 Å². The van der Waals surface area contributed by atoms with Crippen molar-refractivity contribution in [2.24, 2.45) is 5.84 Å². The molecule has 0 saturated carbocycles. The van der Waals surface area contributed by atoms with Crippen molar-refractivity contribution in [3.8, 4) is 0 Å². The number of hydrogen-bond donors (Lipinski definition) is 2. The highest BCUT2D eigenvalue weighted by Crippen LogP contribution is 2.33. The van der Waals surface area contributed by atoms with Gasteiger partial charge in [-0.05, 0) is 43.2 Å². The van der Waals surface area contributed by atoms with Gasteiger partial charge in [0.2, 0.25) is 0 Å². The molecular weight excluding hydrogens is 250 g/mol. The number of nitrogen functional groups attached to an aromatic ring is 1. The van der Waals surface area contributed by atoms with Crippen LogP contribution in [-0.4, -0.2) is 18.7 Å². The molecule has 0 fully saturated rings. The van der Waals surface area contributed by atoms with Crippen molar-refractivity contribution in [3.05, 3.63) is 35.0 Å². The number of hydrazine groups is 1. The molecule has 2 aromatic rings. The van der Waals surface area contributed by atoms with Crippen molar-refractivity contribution >= 4 is 16.6 Å². The van der Waals surface area contributed by atoms with Crippen LogP contribution in [0.15, 0.2) is 18.2 Å². The monoisotopic (exact) mass is 271 g/mol. The second kappa shape index (κ2) is 5.77. The number of methoxy groups -OCH3 is 1. The molecule has 1 heterocycles. The molecule has 1 aliphatic carbocycles. The highest BCUT2D eigenvalue weighted by atomic mass is 16.5. The Bertz CT molecular complexity index is 625. The number of ether oxygens (including phenoxy) is 1. The molecule has 4 heteroatoms. The van der Waals surface area contributed by atoms with Crippen LogP contribution >= 0.6 is 0 Å². The van der Waals surface area contributed by atoms with E-state index in [2.05, 4.69) is 23.6 Å². The molecule has 4 nitrogen and oxygen atoms in total. The SMILES string of the molecule is COCCc1cccc2c(NN)c3c(nc12)CCCC3. The fraction of sp³-hybridized carbons (Fsp3) is 0.438. The Hall–Kier alpha value is -1.65. The average molecular weight is 271 g/mol. The van der Waals surface area contributed by atoms with Crippen LogP contribution < -0.4 is 11.3 Å². The molecule has 0 amide bonds. The van der Waals surface area contributed by atoms with Crippen LogP contribution in [0.1, 0.15) is 29.7 Å². The zero-order chi connectivity index (χ0) is 13.9. The van der Waals surface area contributed by atoms with Crippen LogP contribution in [-0.2, 0) is 24.0 Å². The topological polar surface area (TPSA) is 60.2 Å². The number of nitrogens with two attached hydrogens (primary N) is 1. The molecular formula is C16H21N3O. The number of nitrogens with one attached hydrogen (secondary N) is 1. The molecule has 1 aromatic carbocycles. The number of aryl methyl sites for hydroxylation is 1. The minimum atomic E-state index is 0.712. The molecule has 1 aliphatic rings. The third kappa shape index (κ3) is 2.25. The Balaban J connectivity index is 2.20. The number of rotatable bonds is 4. The van der Waals surface area contributed by atoms with Crippen molar-refractivity contribution in [2.75, 3.05) is 19.1 Å². The van der Waals surface area contributed by atoms with E-state index in [9.17, 15) is 0 Å². The third-order valence-corrected chi connectivity index (χ3v) is 4.10. The van der Waals surface area contributed by atoms with Gasteiger partial charge in [-0.3, -0.25) is 10.8 Å². The van der Waals surface area contributed by atoms with Gasteiger partial charge in [-0.2, -0.15) is 0 Å². The minimum Gasteiger partial charge on any atom is -0.384 e. The lowest BCUT2D eigenvalue weighted by Gasteiger charge is -2.21. The quantitative estimate of drug-likeness (QED) is 0.663. The van der Waals surface area contributed by atoms with Gasteiger partial charge in [-0.25, -0.2) is 0 Å². The first-order valence-corrected chi connectivity index (χ1v) is 7.24. The van der Waals surface area contributed by atoms with Gasteiger partial charge in [0, 0.05) is 18.2 Å². The Morgan fingerprint density at radius 1 is 1.30 bits per heavy atom. The number of para-hydroxylation sites is 1. The number of benzene rings is 1. The molecule has 0 saturated heterocycles. The summed E-state index contributed by atoms with van der Waals surface area (Å²) in [6, 6.07) is 6.30. The normalized spacial score (nSPS) is 14.3. The zero-order valence-electron chi connectivity index (χ0n) is 11.9. The lowest BCUT2D eigenvalue weighted by Crippen LogP contribution is -2.15. The average Bonchev–Trinajstić information content (AvgIpc) is 2.50. The summed E-state index contributed by atoms with van der Waals surface area (Å²) in [6.45, 7) is 0.712. The van der Waals surface area contributed by atoms with Crippen LogP contribution in [0.2, 0.25) is 0 Å². The molecule has 0 radical (unpaired) electrons. The highest BCUT2D eigenvalue weighted by Gasteiger charge is 2.18. The summed E-state index contributed by atoms with van der Waals surface area (Å²) in [5.74, 6) is 5.79. The molecule has 0 bridgehead atoms. The number of pyridine rings is 1. The van der Waals surface area contributed by atoms with E-state index < -0.39 is 0 Å². The molecule has 0 spiro atoms. The van der Waals surface area contributed by atoms with E-state index in [0.717, 1.165) is 35.9 Å². The van der Waals surface area contributed by atoms with E-state index in [0.29, 0.717) is 6.61 Å². The first-order chi connectivity index (χ1) is 9.85. The van der Waals surface area contributed by atoms with Gasteiger partial charge in [0.05, 0.1) is 17.8 Å². The molecule has 1 aromatic heterocycles. The van der Waals surface area contributed by atoms with Crippen LogP contribution in [0, 0.1) is 0 Å². The van der Waals surface area contributed by atoms with Crippen LogP contribution in [0.25, 0.3) is 10.9 Å². The molecule has 20 heavy (non-hydrogen) atoms. The molecule has 0 atom stereocenters. The van der Waals surface area contributed by atoms with Gasteiger partial charge in [0.1, 0.15) is 0 Å². The van der Waals surface area contributed by atoms with Gasteiger partial charge >= 0.3 is 0 Å². The number of anilines is 1. The summed E-state index contributed by atoms with van der Waals surface area (Å²) >= 11 is 0. The van der Waals surface area contributed by atoms with Crippen molar-refractivity contribution in [3.63, 3.8) is 0 Å². The standard InChI is InChI=1S/C16H21N3O/c1-20-10-9-11-5-4-7-13-15(11)18-14-8-3-2-6-12(14)16(13)19-17/h4-5,7H,2-3,6,8-10,17H2,1H3,(H,18,19). The second-order valence-corrected chi connectivity index (χ2v) is 5.32. The van der Waals surface area contributed by atoms with Crippen molar-refractivity contribution < 1.29 is 4.74 Å². The molecule has 106 valence electrons. The number of aromatic nitrogens is 1. The largest absolute Gasteiger partial charge is 0.384 e. The maximum Gasteiger partial charge on any atom is 0.0759 e. The predicted octanol–water partition coefficient (Wildman–Crippen LogP) is 2.59. The lowest BCUT2D eigenvalue weighted by atomic mass is 9.92. The summed E-state index contributed by atoms with van der Waals surface area (Å²) in [5.41, 5.74) is 8.78. The summed E-state index contributed by atoms with van der Waals surface area (Å²) < 4.78 is 5.20. The minimum absolute atomic E-state index is 0.712. The van der Waals surface area contributed by atoms with Gasteiger partial charge in [0.25, 0.3) is 0 Å². The van der Waals surface area contributed by atoms with Gasteiger partial charge in [-0.15, -0.1) is 0 Å². The first kappa shape index (κ1) is 13.3. The summed E-state index contributed by atoms with van der Waals surface area (Å²) in [6.07, 6.45) is 5.44. The molecule has 3 rings (SSSR count). The van der Waals surface area contributed by atoms with Crippen LogP contribution in [0.3, 0.4) is 0 Å². The summed E-state index contributed by atoms with van der Waals surface area (Å²) in [4.78, 5) is 4.93. The fourth-order valence-electron chi connectivity index (χ4n) is 3.08. The second-order valence-electron chi connectivity index (χ2n) is 5.32. The maximum absolute atomic E-state index is 5.79. The summed E-state index contributed by atoms with van der Waals surface area (Å²) in [7, 11) is 1.73. The highest BCUT2D eigenvalue weighted by molar-refractivity contribution is 5.95. The van der Waals surface area contributed by atoms with E-state index >= 15 is 0 Å². The van der Waals surface area contributed by atoms with E-state index in [4.69, 9.17) is 15.6 Å². The van der Waals surface area contributed by atoms with Gasteiger partial charge in [0.15, 0.2) is 0 Å². The predicted molar refractivity (Wildman–Crippen MR) is 81.8 cm³/mol. The van der Waals surface area contributed by atoms with Crippen molar-refractivity contribution in [1.82, 2.24) is 4.98 Å². The summed E-state index contributed by atoms with van der Waals surface area (Å²) in [5, 5.41) is 1.13. The van der Waals surface area contributed by atoms with E-state index in [-0.39, 0.29) is 0 Å².